The number of para-hydroxylation sites is 1. The zero-order valence-corrected chi connectivity index (χ0v) is 11.5. The number of rotatable bonds is 4. The van der Waals surface area contributed by atoms with Gasteiger partial charge >= 0.3 is 0 Å². The van der Waals surface area contributed by atoms with Gasteiger partial charge in [0.15, 0.2) is 0 Å². The minimum absolute atomic E-state index is 0.0402. The molecule has 0 fully saturated rings. The van der Waals surface area contributed by atoms with Gasteiger partial charge in [-0.1, -0.05) is 6.07 Å². The highest BCUT2D eigenvalue weighted by Gasteiger charge is 2.21. The summed E-state index contributed by atoms with van der Waals surface area (Å²) in [7, 11) is 1.73. The van der Waals surface area contributed by atoms with E-state index in [1.807, 2.05) is 0 Å². The number of nitro benzene ring substituents is 1. The second-order valence-corrected chi connectivity index (χ2v) is 4.36. The second-order valence-electron chi connectivity index (χ2n) is 4.36. The lowest BCUT2D eigenvalue weighted by Crippen LogP contribution is -2.18. The molecule has 0 aliphatic rings. The lowest BCUT2D eigenvalue weighted by atomic mass is 10.1. The van der Waals surface area contributed by atoms with E-state index in [1.54, 1.807) is 24.9 Å². The highest BCUT2D eigenvalue weighted by Crippen LogP contribution is 2.28. The number of carbonyl (C=O) groups is 1. The van der Waals surface area contributed by atoms with Gasteiger partial charge < -0.3 is 10.7 Å². The van der Waals surface area contributed by atoms with E-state index in [2.05, 4.69) is 15.8 Å². The first kappa shape index (κ1) is 14.5. The van der Waals surface area contributed by atoms with Gasteiger partial charge in [-0.15, -0.1) is 0 Å². The monoisotopic (exact) mass is 290 g/mol. The van der Waals surface area contributed by atoms with Crippen molar-refractivity contribution in [3.63, 3.8) is 0 Å². The molecule has 0 aliphatic heterocycles. The number of nitrogens with one attached hydrogen (secondary N) is 2. The summed E-state index contributed by atoms with van der Waals surface area (Å²) >= 11 is 0. The van der Waals surface area contributed by atoms with Crippen LogP contribution in [0.5, 0.6) is 0 Å². The van der Waals surface area contributed by atoms with Gasteiger partial charge in [-0.2, -0.15) is 5.10 Å². The van der Waals surface area contributed by atoms with Crippen LogP contribution in [0.1, 0.15) is 16.1 Å². The van der Waals surface area contributed by atoms with Crippen molar-refractivity contribution in [1.29, 1.82) is 0 Å². The first-order valence-corrected chi connectivity index (χ1v) is 5.99. The van der Waals surface area contributed by atoms with Gasteiger partial charge in [0.25, 0.3) is 11.6 Å². The molecule has 1 aromatic carbocycles. The SMILES string of the molecule is Cc1nn(C)cc1NC(=O)c1cccc([N+](=O)[O-])c1NN. The molecule has 0 bridgehead atoms. The molecular weight excluding hydrogens is 276 g/mol. The van der Waals surface area contributed by atoms with E-state index < -0.39 is 10.8 Å². The number of hydrogen-bond acceptors (Lipinski definition) is 6. The Balaban J connectivity index is 2.37. The molecule has 0 saturated carbocycles. The van der Waals surface area contributed by atoms with Crippen LogP contribution in [-0.4, -0.2) is 20.6 Å². The molecule has 0 atom stereocenters. The fourth-order valence-corrected chi connectivity index (χ4v) is 1.95. The summed E-state index contributed by atoms with van der Waals surface area (Å²) in [4.78, 5) is 22.6. The number of nitrogens with zero attached hydrogens (tertiary/aromatic N) is 3. The highest BCUT2D eigenvalue weighted by atomic mass is 16.6. The third-order valence-electron chi connectivity index (χ3n) is 2.89. The lowest BCUT2D eigenvalue weighted by molar-refractivity contribution is -0.384. The van der Waals surface area contributed by atoms with Gasteiger partial charge in [0.05, 0.1) is 21.9 Å². The van der Waals surface area contributed by atoms with Crippen molar-refractivity contribution in [2.75, 3.05) is 10.7 Å². The number of anilines is 2. The third-order valence-corrected chi connectivity index (χ3v) is 2.89. The maximum absolute atomic E-state index is 12.3. The molecule has 0 aliphatic carbocycles. The van der Waals surface area contributed by atoms with Crippen LogP contribution in [0.3, 0.4) is 0 Å². The Hall–Kier alpha value is -2.94. The predicted octanol–water partition coefficient (Wildman–Crippen LogP) is 1.17. The minimum Gasteiger partial charge on any atom is -0.319 e. The summed E-state index contributed by atoms with van der Waals surface area (Å²) in [5.74, 6) is 4.79. The van der Waals surface area contributed by atoms with Crippen LogP contribution in [0.4, 0.5) is 17.1 Å². The molecule has 2 rings (SSSR count). The number of nitrogen functional groups attached to an aromatic ring is 1. The number of nitrogens with two attached hydrogens (primary N) is 1. The van der Waals surface area contributed by atoms with Crippen LogP contribution in [0.25, 0.3) is 0 Å². The van der Waals surface area contributed by atoms with E-state index in [-0.39, 0.29) is 16.9 Å². The summed E-state index contributed by atoms with van der Waals surface area (Å²) in [5, 5.41) is 17.7. The Morgan fingerprint density at radius 1 is 1.48 bits per heavy atom. The highest BCUT2D eigenvalue weighted by molar-refractivity contribution is 6.09. The lowest BCUT2D eigenvalue weighted by Gasteiger charge is -2.09. The number of hydrazine groups is 1. The number of aryl methyl sites for hydroxylation is 2. The Morgan fingerprint density at radius 2 is 2.19 bits per heavy atom. The number of benzene rings is 1. The van der Waals surface area contributed by atoms with Crippen molar-refractivity contribution >= 4 is 23.0 Å². The van der Waals surface area contributed by atoms with Crippen LogP contribution in [-0.2, 0) is 7.05 Å². The van der Waals surface area contributed by atoms with Gasteiger partial charge in [0.2, 0.25) is 0 Å². The second kappa shape index (κ2) is 5.59. The van der Waals surface area contributed by atoms with Gasteiger partial charge in [-0.05, 0) is 13.0 Å². The largest absolute Gasteiger partial charge is 0.319 e. The molecule has 9 nitrogen and oxygen atoms in total. The van der Waals surface area contributed by atoms with E-state index in [0.717, 1.165) is 0 Å². The topological polar surface area (TPSA) is 128 Å². The molecule has 0 saturated heterocycles. The Kier molecular flexibility index (Phi) is 3.85. The molecule has 1 amide bonds. The van der Waals surface area contributed by atoms with Crippen molar-refractivity contribution in [1.82, 2.24) is 9.78 Å². The van der Waals surface area contributed by atoms with Crippen LogP contribution in [0, 0.1) is 17.0 Å². The van der Waals surface area contributed by atoms with Crippen molar-refractivity contribution in [2.45, 2.75) is 6.92 Å². The van der Waals surface area contributed by atoms with Gasteiger partial charge in [-0.3, -0.25) is 25.4 Å². The van der Waals surface area contributed by atoms with Crippen LogP contribution in [0.15, 0.2) is 24.4 Å². The van der Waals surface area contributed by atoms with E-state index in [9.17, 15) is 14.9 Å². The molecule has 1 aromatic heterocycles. The standard InChI is InChI=1S/C12H14N6O3/c1-7-9(6-17(2)16-7)14-12(19)8-4-3-5-10(18(20)21)11(8)15-13/h3-6,15H,13H2,1-2H3,(H,14,19). The van der Waals surface area contributed by atoms with E-state index in [1.165, 1.54) is 18.2 Å². The zero-order chi connectivity index (χ0) is 15.6. The Morgan fingerprint density at radius 3 is 2.71 bits per heavy atom. The number of nitro groups is 1. The van der Waals surface area contributed by atoms with Gasteiger partial charge in [0.1, 0.15) is 5.69 Å². The number of hydrogen-bond donors (Lipinski definition) is 3. The summed E-state index contributed by atoms with van der Waals surface area (Å²) in [5.41, 5.74) is 3.14. The number of carbonyl (C=O) groups excluding carboxylic acids is 1. The molecule has 9 heteroatoms. The molecule has 0 unspecified atom stereocenters. The summed E-state index contributed by atoms with van der Waals surface area (Å²) in [6.07, 6.45) is 1.64. The smallest absolute Gasteiger partial charge is 0.294 e. The van der Waals surface area contributed by atoms with E-state index in [4.69, 9.17) is 5.84 Å². The molecular formula is C12H14N6O3. The van der Waals surface area contributed by atoms with Crippen molar-refractivity contribution < 1.29 is 9.72 Å². The van der Waals surface area contributed by atoms with Crippen LogP contribution in [0.2, 0.25) is 0 Å². The van der Waals surface area contributed by atoms with E-state index >= 15 is 0 Å². The molecule has 0 radical (unpaired) electrons. The third kappa shape index (κ3) is 2.82. The summed E-state index contributed by atoms with van der Waals surface area (Å²) in [6.45, 7) is 1.74. The minimum atomic E-state index is -0.610. The van der Waals surface area contributed by atoms with Crippen molar-refractivity contribution in [3.05, 3.63) is 45.8 Å². The number of amides is 1. The predicted molar refractivity (Wildman–Crippen MR) is 76.8 cm³/mol. The Bertz CT molecular complexity index is 709. The fourth-order valence-electron chi connectivity index (χ4n) is 1.95. The average Bonchev–Trinajstić information content (AvgIpc) is 2.75. The molecule has 110 valence electrons. The van der Waals surface area contributed by atoms with E-state index in [0.29, 0.717) is 11.4 Å². The zero-order valence-electron chi connectivity index (χ0n) is 11.5. The van der Waals surface area contributed by atoms with Gasteiger partial charge in [0, 0.05) is 19.3 Å². The first-order valence-electron chi connectivity index (χ1n) is 5.99. The first-order chi connectivity index (χ1) is 9.93. The fraction of sp³-hybridized carbons (Fsp3) is 0.167. The normalized spacial score (nSPS) is 10.2. The van der Waals surface area contributed by atoms with Crippen molar-refractivity contribution in [3.8, 4) is 0 Å². The molecule has 2 aromatic rings. The Labute approximate surface area is 119 Å². The summed E-state index contributed by atoms with van der Waals surface area (Å²) < 4.78 is 1.56. The summed E-state index contributed by atoms with van der Waals surface area (Å²) in [6, 6.07) is 4.13. The molecule has 0 spiro atoms. The average molecular weight is 290 g/mol. The quantitative estimate of drug-likeness (QED) is 0.440. The molecule has 21 heavy (non-hydrogen) atoms. The van der Waals surface area contributed by atoms with Crippen LogP contribution < -0.4 is 16.6 Å². The number of aromatic nitrogens is 2. The molecule has 1 heterocycles. The van der Waals surface area contributed by atoms with Crippen LogP contribution >= 0.6 is 0 Å². The maximum Gasteiger partial charge on any atom is 0.294 e. The molecule has 4 N–H and O–H groups in total. The van der Waals surface area contributed by atoms with Crippen molar-refractivity contribution in [2.24, 2.45) is 12.9 Å². The van der Waals surface area contributed by atoms with Gasteiger partial charge in [-0.25, -0.2) is 0 Å². The maximum atomic E-state index is 12.3.